The summed E-state index contributed by atoms with van der Waals surface area (Å²) in [4.78, 5) is 24.7. The number of furan rings is 1. The van der Waals surface area contributed by atoms with Crippen molar-refractivity contribution in [1.82, 2.24) is 10.2 Å². The molecule has 0 fully saturated rings. The molecule has 0 saturated heterocycles. The number of hydrogen-bond donors (Lipinski definition) is 1. The van der Waals surface area contributed by atoms with Gasteiger partial charge < -0.3 is 14.6 Å². The molecule has 5 heteroatoms. The average Bonchev–Trinajstić information content (AvgIpc) is 2.76. The van der Waals surface area contributed by atoms with E-state index < -0.39 is 6.04 Å². The first-order chi connectivity index (χ1) is 7.95. The predicted molar refractivity (Wildman–Crippen MR) is 63.7 cm³/mol. The van der Waals surface area contributed by atoms with Crippen LogP contribution in [0.1, 0.15) is 30.2 Å². The molecule has 0 unspecified atom stereocenters. The Hall–Kier alpha value is -1.78. The van der Waals surface area contributed by atoms with E-state index in [1.807, 2.05) is 6.92 Å². The van der Waals surface area contributed by atoms with Gasteiger partial charge in [-0.3, -0.25) is 9.59 Å². The lowest BCUT2D eigenvalue weighted by Gasteiger charge is -2.17. The molecule has 0 aliphatic carbocycles. The Morgan fingerprint density at radius 1 is 1.41 bits per heavy atom. The minimum atomic E-state index is -0.562. The van der Waals surface area contributed by atoms with Crippen molar-refractivity contribution < 1.29 is 14.0 Å². The van der Waals surface area contributed by atoms with Gasteiger partial charge in [-0.25, -0.2) is 0 Å². The second kappa shape index (κ2) is 5.52. The number of nitrogens with zero attached hydrogens (tertiary/aromatic N) is 1. The van der Waals surface area contributed by atoms with Crippen LogP contribution in [0.4, 0.5) is 0 Å². The van der Waals surface area contributed by atoms with Crippen molar-refractivity contribution in [3.8, 4) is 0 Å². The molecule has 0 bridgehead atoms. The molecule has 1 aromatic heterocycles. The van der Waals surface area contributed by atoms with Crippen molar-refractivity contribution in [2.75, 3.05) is 14.1 Å². The number of aryl methyl sites for hydroxylation is 1. The average molecular weight is 238 g/mol. The molecule has 0 aliphatic heterocycles. The second-order valence-electron chi connectivity index (χ2n) is 4.05. The van der Waals surface area contributed by atoms with Gasteiger partial charge in [-0.05, 0) is 19.1 Å². The van der Waals surface area contributed by atoms with Crippen LogP contribution in [0.25, 0.3) is 0 Å². The molecule has 1 aromatic rings. The Kier molecular flexibility index (Phi) is 4.31. The lowest BCUT2D eigenvalue weighted by Crippen LogP contribution is -2.44. The fraction of sp³-hybridized carbons (Fsp3) is 0.500. The first-order valence-corrected chi connectivity index (χ1v) is 5.56. The second-order valence-corrected chi connectivity index (χ2v) is 4.05. The minimum Gasteiger partial charge on any atom is -0.456 e. The van der Waals surface area contributed by atoms with Gasteiger partial charge in [0.15, 0.2) is 5.76 Å². The van der Waals surface area contributed by atoms with Crippen LogP contribution >= 0.6 is 0 Å². The Labute approximate surface area is 101 Å². The van der Waals surface area contributed by atoms with Crippen LogP contribution in [0.3, 0.4) is 0 Å². The molecule has 0 spiro atoms. The third-order valence-corrected chi connectivity index (χ3v) is 2.39. The maximum absolute atomic E-state index is 11.7. The zero-order chi connectivity index (χ0) is 13.0. The van der Waals surface area contributed by atoms with Gasteiger partial charge in [0.25, 0.3) is 5.91 Å². The van der Waals surface area contributed by atoms with Gasteiger partial charge in [0.05, 0.1) is 0 Å². The van der Waals surface area contributed by atoms with E-state index in [0.717, 1.165) is 12.2 Å². The van der Waals surface area contributed by atoms with Crippen molar-refractivity contribution >= 4 is 11.8 Å². The van der Waals surface area contributed by atoms with Crippen LogP contribution in [-0.4, -0.2) is 36.9 Å². The van der Waals surface area contributed by atoms with Gasteiger partial charge in [0.2, 0.25) is 5.91 Å². The summed E-state index contributed by atoms with van der Waals surface area (Å²) in [6.07, 6.45) is 0.736. The molecule has 0 aromatic carbocycles. The first kappa shape index (κ1) is 13.3. The fourth-order valence-electron chi connectivity index (χ4n) is 1.41. The van der Waals surface area contributed by atoms with E-state index in [9.17, 15) is 9.59 Å². The van der Waals surface area contributed by atoms with Crippen LogP contribution in [0.15, 0.2) is 16.5 Å². The highest BCUT2D eigenvalue weighted by Crippen LogP contribution is 2.08. The van der Waals surface area contributed by atoms with E-state index in [0.29, 0.717) is 0 Å². The zero-order valence-corrected chi connectivity index (χ0v) is 10.6. The third kappa shape index (κ3) is 3.34. The van der Waals surface area contributed by atoms with Crippen LogP contribution in [-0.2, 0) is 11.2 Å². The van der Waals surface area contributed by atoms with Gasteiger partial charge in [-0.1, -0.05) is 6.92 Å². The van der Waals surface area contributed by atoms with Gasteiger partial charge in [-0.15, -0.1) is 0 Å². The Bertz CT molecular complexity index is 410. The highest BCUT2D eigenvalue weighted by Gasteiger charge is 2.19. The number of carbonyl (C=O) groups is 2. The normalized spacial score (nSPS) is 12.0. The van der Waals surface area contributed by atoms with Crippen molar-refractivity contribution in [1.29, 1.82) is 0 Å². The maximum Gasteiger partial charge on any atom is 0.287 e. The van der Waals surface area contributed by atoms with Crippen molar-refractivity contribution in [2.45, 2.75) is 26.3 Å². The molecule has 1 rings (SSSR count). The molecule has 0 saturated carbocycles. The molecule has 1 heterocycles. The summed E-state index contributed by atoms with van der Waals surface area (Å²) in [6.45, 7) is 3.59. The maximum atomic E-state index is 11.7. The summed E-state index contributed by atoms with van der Waals surface area (Å²) in [5.74, 6) is 0.468. The van der Waals surface area contributed by atoms with E-state index in [1.165, 1.54) is 4.90 Å². The molecule has 1 atom stereocenters. The lowest BCUT2D eigenvalue weighted by atomic mass is 10.3. The SMILES string of the molecule is CCc1ccc(C(=O)N[C@@H](C)C(=O)N(C)C)o1. The Balaban J connectivity index is 2.63. The van der Waals surface area contributed by atoms with E-state index in [2.05, 4.69) is 5.32 Å². The Morgan fingerprint density at radius 2 is 2.06 bits per heavy atom. The minimum absolute atomic E-state index is 0.152. The standard InChI is InChI=1S/C12H18N2O3/c1-5-9-6-7-10(17-9)11(15)13-8(2)12(16)14(3)4/h6-8H,5H2,1-4H3,(H,13,15)/t8-/m0/s1. The number of rotatable bonds is 4. The molecule has 94 valence electrons. The summed E-state index contributed by atoms with van der Waals surface area (Å²) >= 11 is 0. The van der Waals surface area contributed by atoms with Crippen LogP contribution < -0.4 is 5.32 Å². The van der Waals surface area contributed by atoms with E-state index >= 15 is 0 Å². The van der Waals surface area contributed by atoms with Crippen LogP contribution in [0.2, 0.25) is 0 Å². The summed E-state index contributed by atoms with van der Waals surface area (Å²) in [5.41, 5.74) is 0. The van der Waals surface area contributed by atoms with E-state index in [-0.39, 0.29) is 17.6 Å². The lowest BCUT2D eigenvalue weighted by molar-refractivity contribution is -0.130. The molecule has 5 nitrogen and oxygen atoms in total. The number of hydrogen-bond acceptors (Lipinski definition) is 3. The monoisotopic (exact) mass is 238 g/mol. The smallest absolute Gasteiger partial charge is 0.287 e. The third-order valence-electron chi connectivity index (χ3n) is 2.39. The van der Waals surface area contributed by atoms with Gasteiger partial charge in [0, 0.05) is 20.5 Å². The fourth-order valence-corrected chi connectivity index (χ4v) is 1.41. The van der Waals surface area contributed by atoms with E-state index in [4.69, 9.17) is 4.42 Å². The van der Waals surface area contributed by atoms with Crippen molar-refractivity contribution in [3.63, 3.8) is 0 Å². The van der Waals surface area contributed by atoms with Gasteiger partial charge in [0.1, 0.15) is 11.8 Å². The Morgan fingerprint density at radius 3 is 2.53 bits per heavy atom. The molecule has 0 radical (unpaired) electrons. The number of amides is 2. The molecular formula is C12H18N2O3. The quantitative estimate of drug-likeness (QED) is 0.852. The molecule has 0 aliphatic rings. The topological polar surface area (TPSA) is 62.6 Å². The van der Waals surface area contributed by atoms with Gasteiger partial charge >= 0.3 is 0 Å². The number of carbonyl (C=O) groups excluding carboxylic acids is 2. The summed E-state index contributed by atoms with van der Waals surface area (Å²) in [7, 11) is 3.29. The van der Waals surface area contributed by atoms with E-state index in [1.54, 1.807) is 33.2 Å². The number of likely N-dealkylation sites (N-methyl/N-ethyl adjacent to an activating group) is 1. The highest BCUT2D eigenvalue weighted by molar-refractivity contribution is 5.95. The predicted octanol–water partition coefficient (Wildman–Crippen LogP) is 1.05. The zero-order valence-electron chi connectivity index (χ0n) is 10.6. The first-order valence-electron chi connectivity index (χ1n) is 5.56. The summed E-state index contributed by atoms with van der Waals surface area (Å²) in [5, 5.41) is 2.59. The van der Waals surface area contributed by atoms with Crippen LogP contribution in [0.5, 0.6) is 0 Å². The molecule has 2 amide bonds. The molecular weight excluding hydrogens is 220 g/mol. The largest absolute Gasteiger partial charge is 0.456 e. The number of nitrogens with one attached hydrogen (secondary N) is 1. The van der Waals surface area contributed by atoms with Crippen molar-refractivity contribution in [3.05, 3.63) is 23.7 Å². The summed E-state index contributed by atoms with van der Waals surface area (Å²) < 4.78 is 5.30. The summed E-state index contributed by atoms with van der Waals surface area (Å²) in [6, 6.07) is 2.81. The van der Waals surface area contributed by atoms with Gasteiger partial charge in [-0.2, -0.15) is 0 Å². The molecule has 17 heavy (non-hydrogen) atoms. The highest BCUT2D eigenvalue weighted by atomic mass is 16.3. The molecule has 1 N–H and O–H groups in total. The van der Waals surface area contributed by atoms with Crippen molar-refractivity contribution in [2.24, 2.45) is 0 Å². The van der Waals surface area contributed by atoms with Crippen LogP contribution in [0, 0.1) is 0 Å².